The van der Waals surface area contributed by atoms with Gasteiger partial charge in [-0.2, -0.15) is 13.2 Å². The minimum Gasteiger partial charge on any atom is -0.473 e. The number of aromatic nitrogens is 1. The van der Waals surface area contributed by atoms with Gasteiger partial charge in [-0.15, -0.1) is 0 Å². The molecule has 1 amide bonds. The molecule has 1 heterocycles. The first-order valence-electron chi connectivity index (χ1n) is 6.92. The highest BCUT2D eigenvalue weighted by Gasteiger charge is 2.34. The van der Waals surface area contributed by atoms with Gasteiger partial charge in [-0.1, -0.05) is 23.7 Å². The summed E-state index contributed by atoms with van der Waals surface area (Å²) in [7, 11) is -3.68. The molecule has 2 rings (SSSR count). The van der Waals surface area contributed by atoms with Gasteiger partial charge in [0, 0.05) is 11.6 Å². The van der Waals surface area contributed by atoms with Gasteiger partial charge in [0.2, 0.25) is 15.9 Å². The van der Waals surface area contributed by atoms with E-state index < -0.39 is 32.7 Å². The van der Waals surface area contributed by atoms with E-state index in [9.17, 15) is 26.4 Å². The summed E-state index contributed by atoms with van der Waals surface area (Å²) >= 11 is 5.47. The fraction of sp³-hybridized carbons (Fsp3) is 0.200. The number of benzene rings is 1. The van der Waals surface area contributed by atoms with Crippen LogP contribution in [0.4, 0.5) is 13.2 Å². The van der Waals surface area contributed by atoms with Crippen LogP contribution in [0, 0.1) is 0 Å². The number of nitrogens with zero attached hydrogens (tertiary/aromatic N) is 1. The van der Waals surface area contributed by atoms with Gasteiger partial charge in [-0.05, 0) is 17.7 Å². The number of carbonyl (C=O) groups is 1. The number of ether oxygens (including phenoxy) is 1. The average molecular weight is 409 g/mol. The fourth-order valence-corrected chi connectivity index (χ4v) is 2.52. The first kappa shape index (κ1) is 20.0. The van der Waals surface area contributed by atoms with E-state index in [1.807, 2.05) is 4.72 Å². The average Bonchev–Trinajstić information content (AvgIpc) is 2.52. The van der Waals surface area contributed by atoms with E-state index in [0.29, 0.717) is 11.6 Å². The van der Waals surface area contributed by atoms with E-state index in [1.54, 1.807) is 0 Å². The van der Waals surface area contributed by atoms with Gasteiger partial charge in [0.05, 0.1) is 23.0 Å². The summed E-state index contributed by atoms with van der Waals surface area (Å²) in [6, 6.07) is 6.34. The van der Waals surface area contributed by atoms with Crippen molar-refractivity contribution in [2.75, 3.05) is 6.26 Å². The lowest BCUT2D eigenvalue weighted by molar-refractivity contribution is -0.137. The number of nitrogens with one attached hydrogen (secondary N) is 1. The number of halogens is 4. The van der Waals surface area contributed by atoms with Gasteiger partial charge in [-0.3, -0.25) is 4.79 Å². The predicted molar refractivity (Wildman–Crippen MR) is 87.3 cm³/mol. The molecule has 6 nitrogen and oxygen atoms in total. The smallest absolute Gasteiger partial charge is 0.418 e. The third kappa shape index (κ3) is 5.60. The molecule has 0 spiro atoms. The molecule has 1 N–H and O–H groups in total. The molecular formula is C15H12ClF3N2O4S. The number of amides is 1. The zero-order valence-electron chi connectivity index (χ0n) is 13.2. The van der Waals surface area contributed by atoms with Crippen molar-refractivity contribution in [2.45, 2.75) is 12.8 Å². The van der Waals surface area contributed by atoms with Crippen molar-refractivity contribution in [1.82, 2.24) is 9.71 Å². The Hall–Kier alpha value is -2.33. The topological polar surface area (TPSA) is 85.4 Å². The normalized spacial score (nSPS) is 11.9. The van der Waals surface area contributed by atoms with Crippen LogP contribution >= 0.6 is 11.6 Å². The Labute approximate surface area is 152 Å². The van der Waals surface area contributed by atoms with E-state index in [4.69, 9.17) is 16.3 Å². The van der Waals surface area contributed by atoms with Crippen molar-refractivity contribution < 1.29 is 31.1 Å². The summed E-state index contributed by atoms with van der Waals surface area (Å²) in [6.07, 6.45) is -2.94. The van der Waals surface area contributed by atoms with Crippen LogP contribution in [-0.4, -0.2) is 25.6 Å². The molecule has 0 atom stereocenters. The third-order valence-corrected chi connectivity index (χ3v) is 3.87. The number of rotatable bonds is 5. The number of alkyl halides is 3. The molecule has 0 aliphatic heterocycles. The molecule has 0 unspecified atom stereocenters. The Morgan fingerprint density at radius 3 is 2.42 bits per heavy atom. The van der Waals surface area contributed by atoms with E-state index in [0.717, 1.165) is 12.5 Å². The lowest BCUT2D eigenvalue weighted by Gasteiger charge is -2.11. The van der Waals surface area contributed by atoms with E-state index >= 15 is 0 Å². The zero-order chi connectivity index (χ0) is 19.5. The monoisotopic (exact) mass is 408 g/mol. The van der Waals surface area contributed by atoms with Crippen LogP contribution < -0.4 is 9.46 Å². The Kier molecular flexibility index (Phi) is 5.77. The van der Waals surface area contributed by atoms with Crippen molar-refractivity contribution in [2.24, 2.45) is 0 Å². The summed E-state index contributed by atoms with van der Waals surface area (Å²) in [5, 5.41) is -0.536. The number of sulfonamides is 1. The molecule has 0 radical (unpaired) electrons. The molecule has 0 aliphatic carbocycles. The molecule has 11 heteroatoms. The highest BCUT2D eigenvalue weighted by molar-refractivity contribution is 7.89. The Balaban J connectivity index is 2.06. The van der Waals surface area contributed by atoms with Gasteiger partial charge >= 0.3 is 6.18 Å². The number of carbonyl (C=O) groups excluding carboxylic acids is 1. The van der Waals surface area contributed by atoms with Crippen molar-refractivity contribution in [3.05, 3.63) is 58.2 Å². The van der Waals surface area contributed by atoms with Gasteiger partial charge in [-0.25, -0.2) is 18.1 Å². The molecule has 2 aromatic rings. The zero-order valence-corrected chi connectivity index (χ0v) is 14.7. The second-order valence-electron chi connectivity index (χ2n) is 5.19. The lowest BCUT2D eigenvalue weighted by atomic mass is 10.1. The van der Waals surface area contributed by atoms with E-state index in [-0.39, 0.29) is 18.1 Å². The summed E-state index contributed by atoms with van der Waals surface area (Å²) in [5.74, 6) is -1.06. The lowest BCUT2D eigenvalue weighted by Crippen LogP contribution is -2.29. The molecule has 0 saturated carbocycles. The molecule has 0 fully saturated rings. The maximum absolute atomic E-state index is 12.8. The van der Waals surface area contributed by atoms with Crippen LogP contribution in [0.3, 0.4) is 0 Å². The SMILES string of the molecule is CS(=O)(=O)NC(=O)c1ccc(COc2cc(C(F)(F)F)c(Cl)cn2)cc1. The molecule has 0 bridgehead atoms. The van der Waals surface area contributed by atoms with Gasteiger partial charge in [0.15, 0.2) is 0 Å². The maximum atomic E-state index is 12.8. The second kappa shape index (κ2) is 7.50. The number of pyridine rings is 1. The highest BCUT2D eigenvalue weighted by Crippen LogP contribution is 2.35. The Morgan fingerprint density at radius 2 is 1.88 bits per heavy atom. The minimum atomic E-state index is -4.63. The van der Waals surface area contributed by atoms with Crippen molar-refractivity contribution in [1.29, 1.82) is 0 Å². The molecule has 0 saturated heterocycles. The first-order valence-corrected chi connectivity index (χ1v) is 9.19. The summed E-state index contributed by atoms with van der Waals surface area (Å²) in [5.41, 5.74) is -0.425. The van der Waals surface area contributed by atoms with Crippen molar-refractivity contribution in [3.8, 4) is 5.88 Å². The van der Waals surface area contributed by atoms with Crippen LogP contribution in [-0.2, 0) is 22.8 Å². The Bertz CT molecular complexity index is 915. The predicted octanol–water partition coefficient (Wildman–Crippen LogP) is 3.02. The first-order chi connectivity index (χ1) is 12.0. The van der Waals surface area contributed by atoms with Crippen molar-refractivity contribution >= 4 is 27.5 Å². The van der Waals surface area contributed by atoms with Crippen LogP contribution in [0.2, 0.25) is 5.02 Å². The molecule has 1 aromatic heterocycles. The van der Waals surface area contributed by atoms with E-state index in [2.05, 4.69) is 4.98 Å². The fourth-order valence-electron chi connectivity index (χ4n) is 1.85. The molecule has 26 heavy (non-hydrogen) atoms. The van der Waals surface area contributed by atoms with Gasteiger partial charge in [0.25, 0.3) is 5.91 Å². The van der Waals surface area contributed by atoms with Gasteiger partial charge < -0.3 is 4.74 Å². The standard InChI is InChI=1S/C15H12ClF3N2O4S/c1-26(23,24)21-14(22)10-4-2-9(3-5-10)8-25-13-6-11(15(17,18)19)12(16)7-20-13/h2-7H,8H2,1H3,(H,21,22). The number of hydrogen-bond acceptors (Lipinski definition) is 5. The second-order valence-corrected chi connectivity index (χ2v) is 7.34. The number of hydrogen-bond donors (Lipinski definition) is 1. The summed E-state index contributed by atoms with van der Waals surface area (Å²) in [4.78, 5) is 15.3. The molecule has 1 aromatic carbocycles. The van der Waals surface area contributed by atoms with Crippen molar-refractivity contribution in [3.63, 3.8) is 0 Å². The Morgan fingerprint density at radius 1 is 1.27 bits per heavy atom. The molecule has 140 valence electrons. The quantitative estimate of drug-likeness (QED) is 0.822. The van der Waals surface area contributed by atoms with Gasteiger partial charge in [0.1, 0.15) is 6.61 Å². The highest BCUT2D eigenvalue weighted by atomic mass is 35.5. The van der Waals surface area contributed by atoms with E-state index in [1.165, 1.54) is 24.3 Å². The minimum absolute atomic E-state index is 0.100. The summed E-state index contributed by atoms with van der Waals surface area (Å²) < 4.78 is 67.4. The van der Waals surface area contributed by atoms with Crippen LogP contribution in [0.15, 0.2) is 36.5 Å². The van der Waals surface area contributed by atoms with Crippen LogP contribution in [0.25, 0.3) is 0 Å². The maximum Gasteiger partial charge on any atom is 0.418 e. The summed E-state index contributed by atoms with van der Waals surface area (Å²) in [6.45, 7) is -0.111. The molecule has 0 aliphatic rings. The van der Waals surface area contributed by atoms with Crippen LogP contribution in [0.5, 0.6) is 5.88 Å². The third-order valence-electron chi connectivity index (χ3n) is 3.02. The molecular weight excluding hydrogens is 397 g/mol. The van der Waals surface area contributed by atoms with Crippen LogP contribution in [0.1, 0.15) is 21.5 Å². The largest absolute Gasteiger partial charge is 0.473 e.